The topological polar surface area (TPSA) is 72.8 Å². The van der Waals surface area contributed by atoms with Crippen molar-refractivity contribution in [3.8, 4) is 0 Å². The van der Waals surface area contributed by atoms with E-state index in [4.69, 9.17) is 9.47 Å². The summed E-state index contributed by atoms with van der Waals surface area (Å²) >= 11 is 0. The van der Waals surface area contributed by atoms with Crippen molar-refractivity contribution in [1.29, 1.82) is 0 Å². The van der Waals surface area contributed by atoms with Crippen LogP contribution >= 0.6 is 0 Å². The van der Waals surface area contributed by atoms with Crippen LogP contribution in [0, 0.1) is 50.2 Å². The average Bonchev–Trinajstić information content (AvgIpc) is 2.80. The molecule has 0 aromatic heterocycles. The van der Waals surface area contributed by atoms with Crippen LogP contribution in [-0.2, 0) is 19.1 Å². The van der Waals surface area contributed by atoms with Gasteiger partial charge in [-0.1, -0.05) is 60.1 Å². The van der Waals surface area contributed by atoms with Crippen LogP contribution < -0.4 is 0 Å². The first-order valence-electron chi connectivity index (χ1n) is 15.1. The highest BCUT2D eigenvalue weighted by Gasteiger charge is 2.71. The molecule has 4 fully saturated rings. The van der Waals surface area contributed by atoms with Crippen LogP contribution in [0.4, 0.5) is 0 Å². The average molecular weight is 529 g/mol. The van der Waals surface area contributed by atoms with Crippen molar-refractivity contribution in [2.45, 2.75) is 125 Å². The van der Waals surface area contributed by atoms with Crippen LogP contribution in [0.2, 0.25) is 0 Å². The summed E-state index contributed by atoms with van der Waals surface area (Å²) in [5.74, 6) is 0.579. The number of aliphatic hydroxyl groups excluding tert-OH is 1. The summed E-state index contributed by atoms with van der Waals surface area (Å²) in [6.07, 6.45) is 10.1. The summed E-state index contributed by atoms with van der Waals surface area (Å²) < 4.78 is 11.3. The number of aliphatic hydroxyl groups is 1. The molecule has 5 rings (SSSR count). The summed E-state index contributed by atoms with van der Waals surface area (Å²) in [7, 11) is 1.48. The molecular weight excluding hydrogens is 476 g/mol. The molecule has 5 aliphatic rings. The molecular formula is C33H52O5. The quantitative estimate of drug-likeness (QED) is 0.313. The van der Waals surface area contributed by atoms with Crippen molar-refractivity contribution < 1.29 is 24.2 Å². The lowest BCUT2D eigenvalue weighted by Gasteiger charge is -2.71. The number of methoxy groups -OCH3 is 1. The smallest absolute Gasteiger partial charge is 0.315 e. The standard InChI is InChI=1S/C33H52O5/c1-20(34)38-26-13-14-30(6)23(29(26,4)5)12-15-31(7)24(30)11-10-21-22-18-28(2,3)16-17-33(22,27(36)37-9)25(35)19-32(21,31)8/h10,22-26,35H,11-19H2,1-9H3/t22-,23-,24+,25+,26-,30-,31+,32+,33+/m0/s1. The summed E-state index contributed by atoms with van der Waals surface area (Å²) in [6.45, 7) is 18.2. The van der Waals surface area contributed by atoms with E-state index >= 15 is 0 Å². The van der Waals surface area contributed by atoms with E-state index in [0.29, 0.717) is 24.7 Å². The first-order valence-corrected chi connectivity index (χ1v) is 15.1. The van der Waals surface area contributed by atoms with Crippen molar-refractivity contribution in [3.63, 3.8) is 0 Å². The lowest BCUT2D eigenvalue weighted by molar-refractivity contribution is -0.223. The molecule has 4 saturated carbocycles. The maximum absolute atomic E-state index is 13.5. The molecule has 38 heavy (non-hydrogen) atoms. The van der Waals surface area contributed by atoms with Gasteiger partial charge in [-0.3, -0.25) is 9.59 Å². The number of hydrogen-bond acceptors (Lipinski definition) is 5. The molecule has 0 aromatic carbocycles. The molecule has 0 heterocycles. The van der Waals surface area contributed by atoms with Crippen molar-refractivity contribution in [3.05, 3.63) is 11.6 Å². The number of carbonyl (C=O) groups is 2. The fourth-order valence-corrected chi connectivity index (χ4v) is 11.3. The van der Waals surface area contributed by atoms with E-state index in [1.807, 2.05) is 0 Å². The van der Waals surface area contributed by atoms with Crippen LogP contribution in [-0.4, -0.2) is 36.4 Å². The Kier molecular flexibility index (Phi) is 6.36. The lowest BCUT2D eigenvalue weighted by atomic mass is 9.33. The predicted molar refractivity (Wildman–Crippen MR) is 148 cm³/mol. The largest absolute Gasteiger partial charge is 0.468 e. The van der Waals surface area contributed by atoms with E-state index in [1.165, 1.54) is 19.6 Å². The van der Waals surface area contributed by atoms with Crippen molar-refractivity contribution in [2.24, 2.45) is 50.2 Å². The van der Waals surface area contributed by atoms with Crippen LogP contribution in [0.3, 0.4) is 0 Å². The van der Waals surface area contributed by atoms with Crippen molar-refractivity contribution in [1.82, 2.24) is 0 Å². The number of carbonyl (C=O) groups excluding carboxylic acids is 2. The molecule has 9 atom stereocenters. The van der Waals surface area contributed by atoms with Gasteiger partial charge in [-0.15, -0.1) is 0 Å². The Morgan fingerprint density at radius 1 is 0.921 bits per heavy atom. The van der Waals surface area contributed by atoms with Gasteiger partial charge in [0, 0.05) is 12.3 Å². The summed E-state index contributed by atoms with van der Waals surface area (Å²) in [5, 5.41) is 12.0. The molecule has 0 spiro atoms. The fraction of sp³-hybridized carbons (Fsp3) is 0.879. The number of rotatable bonds is 2. The third kappa shape index (κ3) is 3.51. The maximum Gasteiger partial charge on any atom is 0.315 e. The van der Waals surface area contributed by atoms with Gasteiger partial charge < -0.3 is 14.6 Å². The highest BCUT2D eigenvalue weighted by atomic mass is 16.5. The summed E-state index contributed by atoms with van der Waals surface area (Å²) in [4.78, 5) is 25.4. The zero-order chi connectivity index (χ0) is 28.1. The van der Waals surface area contributed by atoms with E-state index < -0.39 is 11.5 Å². The zero-order valence-electron chi connectivity index (χ0n) is 25.4. The third-order valence-electron chi connectivity index (χ3n) is 13.5. The molecule has 0 aromatic rings. The molecule has 0 amide bonds. The number of esters is 2. The Labute approximate surface area is 230 Å². The molecule has 5 nitrogen and oxygen atoms in total. The highest BCUT2D eigenvalue weighted by Crippen LogP contribution is 2.75. The molecule has 0 saturated heterocycles. The van der Waals surface area contributed by atoms with Gasteiger partial charge >= 0.3 is 11.9 Å². The first kappa shape index (κ1) is 28.2. The minimum Gasteiger partial charge on any atom is -0.468 e. The predicted octanol–water partition coefficient (Wildman–Crippen LogP) is 6.86. The van der Waals surface area contributed by atoms with Crippen molar-refractivity contribution >= 4 is 11.9 Å². The Balaban J connectivity index is 1.58. The Hall–Kier alpha value is -1.36. The van der Waals surface area contributed by atoms with E-state index in [0.717, 1.165) is 44.9 Å². The van der Waals surface area contributed by atoms with Crippen LogP contribution in [0.5, 0.6) is 0 Å². The van der Waals surface area contributed by atoms with Crippen LogP contribution in [0.1, 0.15) is 113 Å². The van der Waals surface area contributed by atoms with Gasteiger partial charge in [-0.05, 0) is 97.2 Å². The van der Waals surface area contributed by atoms with E-state index in [1.54, 1.807) is 0 Å². The molecule has 0 radical (unpaired) electrons. The molecule has 0 bridgehead atoms. The van der Waals surface area contributed by atoms with Crippen LogP contribution in [0.15, 0.2) is 11.6 Å². The second kappa shape index (κ2) is 8.57. The normalized spacial score (nSPS) is 48.8. The molecule has 1 N–H and O–H groups in total. The van der Waals surface area contributed by atoms with Gasteiger partial charge in [-0.25, -0.2) is 0 Å². The Morgan fingerprint density at radius 3 is 2.24 bits per heavy atom. The van der Waals surface area contributed by atoms with Crippen LogP contribution in [0.25, 0.3) is 0 Å². The minimum atomic E-state index is -0.829. The summed E-state index contributed by atoms with van der Waals surface area (Å²) in [5.41, 5.74) is 0.629. The molecule has 214 valence electrons. The maximum atomic E-state index is 13.5. The fourth-order valence-electron chi connectivity index (χ4n) is 11.3. The van der Waals surface area contributed by atoms with Gasteiger partial charge in [0.05, 0.1) is 13.2 Å². The van der Waals surface area contributed by atoms with Gasteiger partial charge in [0.25, 0.3) is 0 Å². The molecule has 0 unspecified atom stereocenters. The highest BCUT2D eigenvalue weighted by molar-refractivity contribution is 5.79. The first-order chi connectivity index (χ1) is 17.5. The molecule has 5 heteroatoms. The SMILES string of the molecule is COC(=O)[C@]12CCC(C)(C)C[C@H]1C1=CC[C@@H]3[C@@]4(C)CC[C@H](OC(C)=O)C(C)(C)[C@@H]4CC[C@@]3(C)[C@]1(C)C[C@H]2O. The van der Waals surface area contributed by atoms with Crippen molar-refractivity contribution in [2.75, 3.05) is 7.11 Å². The zero-order valence-corrected chi connectivity index (χ0v) is 25.4. The number of hydrogen-bond donors (Lipinski definition) is 1. The van der Waals surface area contributed by atoms with Gasteiger partial charge in [-0.2, -0.15) is 0 Å². The second-order valence-corrected chi connectivity index (χ2v) is 15.9. The van der Waals surface area contributed by atoms with E-state index in [-0.39, 0.29) is 51.0 Å². The number of allylic oxidation sites excluding steroid dienone is 2. The minimum absolute atomic E-state index is 0.0203. The Bertz CT molecular complexity index is 1040. The van der Waals surface area contributed by atoms with Gasteiger partial charge in [0.15, 0.2) is 0 Å². The Morgan fingerprint density at radius 2 is 1.61 bits per heavy atom. The third-order valence-corrected chi connectivity index (χ3v) is 13.5. The number of fused-ring (bicyclic) bond motifs is 7. The number of ether oxygens (including phenoxy) is 2. The van der Waals surface area contributed by atoms with E-state index in [2.05, 4.69) is 54.5 Å². The van der Waals surface area contributed by atoms with Gasteiger partial charge in [0.1, 0.15) is 11.5 Å². The molecule has 5 aliphatic carbocycles. The van der Waals surface area contributed by atoms with Gasteiger partial charge in [0.2, 0.25) is 0 Å². The molecule has 0 aliphatic heterocycles. The summed E-state index contributed by atoms with van der Waals surface area (Å²) in [6, 6.07) is 0. The van der Waals surface area contributed by atoms with E-state index in [9.17, 15) is 14.7 Å². The monoisotopic (exact) mass is 528 g/mol. The second-order valence-electron chi connectivity index (χ2n) is 15.9. The lowest BCUT2D eigenvalue weighted by Crippen LogP contribution is -2.67.